The summed E-state index contributed by atoms with van der Waals surface area (Å²) in [5.41, 5.74) is 1.75. The molecule has 3 aromatic rings. The molecule has 0 saturated carbocycles. The van der Waals surface area contributed by atoms with Crippen LogP contribution in [0.4, 0.5) is 13.2 Å². The van der Waals surface area contributed by atoms with Crippen LogP contribution in [0.15, 0.2) is 54.7 Å². The molecule has 150 valence electrons. The van der Waals surface area contributed by atoms with Gasteiger partial charge in [-0.3, -0.25) is 4.79 Å². The number of halogens is 3. The van der Waals surface area contributed by atoms with Gasteiger partial charge in [-0.25, -0.2) is 9.07 Å². The SMILES string of the molecule is COc1cccc(/C=C/C(=O)c2cnn(-c3ccc(F)cc3)c2C)c1OC(F)F. The van der Waals surface area contributed by atoms with Crippen molar-refractivity contribution in [2.24, 2.45) is 0 Å². The predicted octanol–water partition coefficient (Wildman–Crippen LogP) is 4.83. The van der Waals surface area contributed by atoms with Crippen molar-refractivity contribution in [2.45, 2.75) is 13.5 Å². The number of hydrogen-bond acceptors (Lipinski definition) is 4. The maximum absolute atomic E-state index is 13.1. The van der Waals surface area contributed by atoms with Crippen molar-refractivity contribution >= 4 is 11.9 Å². The molecule has 3 rings (SSSR count). The Bertz CT molecular complexity index is 1040. The Morgan fingerprint density at radius 1 is 1.17 bits per heavy atom. The van der Waals surface area contributed by atoms with Gasteiger partial charge in [0.15, 0.2) is 17.3 Å². The van der Waals surface area contributed by atoms with E-state index in [9.17, 15) is 18.0 Å². The molecular weight excluding hydrogens is 385 g/mol. The second-order valence-electron chi connectivity index (χ2n) is 5.99. The van der Waals surface area contributed by atoms with Crippen molar-refractivity contribution in [1.82, 2.24) is 9.78 Å². The van der Waals surface area contributed by atoms with Gasteiger partial charge in [0.05, 0.1) is 30.3 Å². The number of allylic oxidation sites excluding steroid dienone is 1. The minimum absolute atomic E-state index is 0.125. The molecule has 2 aromatic carbocycles. The molecule has 0 saturated heterocycles. The Kier molecular flexibility index (Phi) is 6.01. The molecule has 0 bridgehead atoms. The fraction of sp³-hybridized carbons (Fsp3) is 0.143. The van der Waals surface area contributed by atoms with E-state index in [-0.39, 0.29) is 28.7 Å². The van der Waals surface area contributed by atoms with Crippen molar-refractivity contribution < 1.29 is 27.4 Å². The van der Waals surface area contributed by atoms with Gasteiger partial charge in [0.2, 0.25) is 0 Å². The van der Waals surface area contributed by atoms with Crippen LogP contribution in [0.3, 0.4) is 0 Å². The Morgan fingerprint density at radius 2 is 1.90 bits per heavy atom. The number of aromatic nitrogens is 2. The molecule has 0 aliphatic carbocycles. The summed E-state index contributed by atoms with van der Waals surface area (Å²) in [5.74, 6) is -0.785. The highest BCUT2D eigenvalue weighted by Gasteiger charge is 2.16. The van der Waals surface area contributed by atoms with Crippen LogP contribution >= 0.6 is 0 Å². The van der Waals surface area contributed by atoms with Crippen LogP contribution in [0.25, 0.3) is 11.8 Å². The van der Waals surface area contributed by atoms with Crippen LogP contribution in [0, 0.1) is 12.7 Å². The molecule has 1 heterocycles. The summed E-state index contributed by atoms with van der Waals surface area (Å²) in [5, 5.41) is 4.17. The molecule has 8 heteroatoms. The Hall–Kier alpha value is -3.55. The first-order valence-corrected chi connectivity index (χ1v) is 8.55. The van der Waals surface area contributed by atoms with E-state index in [4.69, 9.17) is 4.74 Å². The van der Waals surface area contributed by atoms with Crippen molar-refractivity contribution in [3.05, 3.63) is 77.4 Å². The van der Waals surface area contributed by atoms with Gasteiger partial charge in [-0.1, -0.05) is 12.1 Å². The molecule has 0 spiro atoms. The number of carbonyl (C=O) groups excluding carboxylic acids is 1. The zero-order chi connectivity index (χ0) is 21.0. The zero-order valence-corrected chi connectivity index (χ0v) is 15.6. The summed E-state index contributed by atoms with van der Waals surface area (Å²) >= 11 is 0. The molecule has 0 atom stereocenters. The molecular formula is C21H17F3N2O3. The fourth-order valence-electron chi connectivity index (χ4n) is 2.79. The van der Waals surface area contributed by atoms with E-state index in [1.807, 2.05) is 0 Å². The van der Waals surface area contributed by atoms with Crippen LogP contribution < -0.4 is 9.47 Å². The highest BCUT2D eigenvalue weighted by molar-refractivity contribution is 6.07. The number of methoxy groups -OCH3 is 1. The standard InChI is InChI=1S/C21H17F3N2O3/c1-13-17(12-25-26(13)16-9-7-15(22)8-10-16)18(27)11-6-14-4-3-5-19(28-2)20(14)29-21(23)24/h3-12,21H,1-2H3/b11-6+. The van der Waals surface area contributed by atoms with Gasteiger partial charge < -0.3 is 9.47 Å². The third-order valence-corrected chi connectivity index (χ3v) is 4.20. The number of benzene rings is 2. The van der Waals surface area contributed by atoms with Crippen molar-refractivity contribution in [3.63, 3.8) is 0 Å². The number of alkyl halides is 2. The minimum atomic E-state index is -3.04. The molecule has 0 radical (unpaired) electrons. The summed E-state index contributed by atoms with van der Waals surface area (Å²) in [6.45, 7) is -1.33. The Labute approximate surface area is 165 Å². The molecule has 5 nitrogen and oxygen atoms in total. The van der Waals surface area contributed by atoms with E-state index in [0.29, 0.717) is 16.9 Å². The van der Waals surface area contributed by atoms with Gasteiger partial charge in [-0.2, -0.15) is 13.9 Å². The zero-order valence-electron chi connectivity index (χ0n) is 15.6. The molecule has 29 heavy (non-hydrogen) atoms. The third kappa shape index (κ3) is 4.48. The lowest BCUT2D eigenvalue weighted by molar-refractivity contribution is -0.0513. The number of hydrogen-bond donors (Lipinski definition) is 0. The Balaban J connectivity index is 1.88. The molecule has 0 amide bonds. The number of ketones is 1. The van der Waals surface area contributed by atoms with Gasteiger partial charge in [-0.05, 0) is 49.4 Å². The number of rotatable bonds is 7. The lowest BCUT2D eigenvalue weighted by Crippen LogP contribution is -2.05. The first-order valence-electron chi connectivity index (χ1n) is 8.55. The maximum Gasteiger partial charge on any atom is 0.387 e. The fourth-order valence-corrected chi connectivity index (χ4v) is 2.79. The molecule has 1 aromatic heterocycles. The summed E-state index contributed by atoms with van der Waals surface area (Å²) in [4.78, 5) is 12.6. The Morgan fingerprint density at radius 3 is 2.55 bits per heavy atom. The van der Waals surface area contributed by atoms with Crippen molar-refractivity contribution in [1.29, 1.82) is 0 Å². The molecule has 0 aliphatic heterocycles. The van der Waals surface area contributed by atoms with E-state index >= 15 is 0 Å². The van der Waals surface area contributed by atoms with Crippen LogP contribution in [-0.4, -0.2) is 29.3 Å². The van der Waals surface area contributed by atoms with Gasteiger partial charge in [0, 0.05) is 5.56 Å². The summed E-state index contributed by atoms with van der Waals surface area (Å²) in [6, 6.07) is 10.3. The van der Waals surface area contributed by atoms with Gasteiger partial charge >= 0.3 is 6.61 Å². The third-order valence-electron chi connectivity index (χ3n) is 4.20. The van der Waals surface area contributed by atoms with Crippen molar-refractivity contribution in [3.8, 4) is 17.2 Å². The van der Waals surface area contributed by atoms with Crippen LogP contribution in [-0.2, 0) is 0 Å². The number of ether oxygens (including phenoxy) is 2. The second kappa shape index (κ2) is 8.64. The lowest BCUT2D eigenvalue weighted by Gasteiger charge is -2.12. The normalized spacial score (nSPS) is 11.2. The van der Waals surface area contributed by atoms with E-state index < -0.39 is 6.61 Å². The molecule has 0 fully saturated rings. The second-order valence-corrected chi connectivity index (χ2v) is 5.99. The lowest BCUT2D eigenvalue weighted by atomic mass is 10.1. The first-order chi connectivity index (χ1) is 13.9. The number of carbonyl (C=O) groups is 1. The van der Waals surface area contributed by atoms with Gasteiger partial charge in [0.1, 0.15) is 5.82 Å². The van der Waals surface area contributed by atoms with Crippen molar-refractivity contribution in [2.75, 3.05) is 7.11 Å². The smallest absolute Gasteiger partial charge is 0.387 e. The summed E-state index contributed by atoms with van der Waals surface area (Å²) in [6.07, 6.45) is 4.01. The largest absolute Gasteiger partial charge is 0.493 e. The average Bonchev–Trinajstić information content (AvgIpc) is 3.08. The molecule has 0 unspecified atom stereocenters. The first kappa shape index (κ1) is 20.2. The van der Waals surface area contributed by atoms with Crippen LogP contribution in [0.2, 0.25) is 0 Å². The maximum atomic E-state index is 13.1. The molecule has 0 N–H and O–H groups in total. The number of nitrogens with zero attached hydrogens (tertiary/aromatic N) is 2. The van der Waals surface area contributed by atoms with Gasteiger partial charge in [-0.15, -0.1) is 0 Å². The van der Waals surface area contributed by atoms with Crippen LogP contribution in [0.1, 0.15) is 21.6 Å². The van der Waals surface area contributed by atoms with E-state index in [2.05, 4.69) is 9.84 Å². The monoisotopic (exact) mass is 402 g/mol. The highest BCUT2D eigenvalue weighted by atomic mass is 19.3. The predicted molar refractivity (Wildman–Crippen MR) is 101 cm³/mol. The molecule has 0 aliphatic rings. The minimum Gasteiger partial charge on any atom is -0.493 e. The summed E-state index contributed by atoms with van der Waals surface area (Å²) < 4.78 is 49.6. The van der Waals surface area contributed by atoms with E-state index in [1.165, 1.54) is 54.4 Å². The highest BCUT2D eigenvalue weighted by Crippen LogP contribution is 2.33. The summed E-state index contributed by atoms with van der Waals surface area (Å²) in [7, 11) is 1.33. The van der Waals surface area contributed by atoms with Gasteiger partial charge in [0.25, 0.3) is 0 Å². The van der Waals surface area contributed by atoms with E-state index in [0.717, 1.165) is 0 Å². The topological polar surface area (TPSA) is 53.3 Å². The van der Waals surface area contributed by atoms with E-state index in [1.54, 1.807) is 25.1 Å². The number of para-hydroxylation sites is 1. The quantitative estimate of drug-likeness (QED) is 0.420. The average molecular weight is 402 g/mol. The van der Waals surface area contributed by atoms with Crippen LogP contribution in [0.5, 0.6) is 11.5 Å².